The summed E-state index contributed by atoms with van der Waals surface area (Å²) in [5, 5.41) is 10.6. The topological polar surface area (TPSA) is 127 Å². The number of carbonyl (C=O) groups excluding carboxylic acids is 1. The Morgan fingerprint density at radius 3 is 2.28 bits per heavy atom. The molecule has 0 fully saturated rings. The smallest absolute Gasteiger partial charge is 0.283 e. The lowest BCUT2D eigenvalue weighted by atomic mass is 9.89. The number of carbonyl (C=O) groups is 1. The highest BCUT2D eigenvalue weighted by molar-refractivity contribution is 6.09. The van der Waals surface area contributed by atoms with Crippen molar-refractivity contribution in [3.05, 3.63) is 103 Å². The van der Waals surface area contributed by atoms with Gasteiger partial charge in [0.2, 0.25) is 5.88 Å². The molecule has 0 saturated heterocycles. The fourth-order valence-electron chi connectivity index (χ4n) is 3.77. The highest BCUT2D eigenvalue weighted by Gasteiger charge is 2.18. The molecule has 36 heavy (non-hydrogen) atoms. The number of amides is 1. The lowest BCUT2D eigenvalue weighted by molar-refractivity contribution is -0.114. The van der Waals surface area contributed by atoms with Gasteiger partial charge in [-0.2, -0.15) is 0 Å². The van der Waals surface area contributed by atoms with Crippen LogP contribution in [0.15, 0.2) is 91.3 Å². The molecule has 1 amide bonds. The fraction of sp³-hybridized carbons (Fsp3) is 0.0357. The Bertz CT molecular complexity index is 1460. The average molecular weight is 482 g/mol. The molecule has 8 heteroatoms. The molecule has 0 atom stereocenters. The zero-order valence-corrected chi connectivity index (χ0v) is 19.5. The first-order valence-electron chi connectivity index (χ1n) is 11.0. The standard InChI is InChI=1S/C28H24FN5O2/c1-16-4-3-5-24(33-16)36-21-12-8-19(9-13-21)25-22(14-15-23(30)26(25)27(31)32)18-6-10-20(11-7-18)34-28(35)17(2)29/h3-15H,2,30H2,1H3,(H3,31,32)(H,34,35). The van der Waals surface area contributed by atoms with Gasteiger partial charge >= 0.3 is 0 Å². The second kappa shape index (κ2) is 10.1. The summed E-state index contributed by atoms with van der Waals surface area (Å²) < 4.78 is 18.9. The molecular formula is C28H24FN5O2. The van der Waals surface area contributed by atoms with Gasteiger partial charge in [0.25, 0.3) is 5.91 Å². The van der Waals surface area contributed by atoms with Crippen molar-refractivity contribution >= 4 is 23.1 Å². The van der Waals surface area contributed by atoms with Crippen LogP contribution in [-0.2, 0) is 4.79 Å². The van der Waals surface area contributed by atoms with Gasteiger partial charge in [-0.1, -0.05) is 43.0 Å². The molecule has 0 unspecified atom stereocenters. The largest absolute Gasteiger partial charge is 0.439 e. The van der Waals surface area contributed by atoms with E-state index < -0.39 is 11.7 Å². The minimum Gasteiger partial charge on any atom is -0.439 e. The molecule has 180 valence electrons. The SMILES string of the molecule is C=C(F)C(=O)Nc1ccc(-c2ccc(N)c(C(=N)N)c2-c2ccc(Oc3cccc(C)n3)cc2)cc1. The summed E-state index contributed by atoms with van der Waals surface area (Å²) in [6.07, 6.45) is 0. The Morgan fingerprint density at radius 2 is 1.67 bits per heavy atom. The second-order valence-corrected chi connectivity index (χ2v) is 8.05. The summed E-state index contributed by atoms with van der Waals surface area (Å²) in [5.74, 6) is -1.06. The molecule has 4 rings (SSSR count). The predicted molar refractivity (Wildman–Crippen MR) is 141 cm³/mol. The van der Waals surface area contributed by atoms with E-state index in [4.69, 9.17) is 21.6 Å². The Balaban J connectivity index is 1.73. The van der Waals surface area contributed by atoms with E-state index >= 15 is 0 Å². The monoisotopic (exact) mass is 481 g/mol. The number of halogens is 1. The number of nitrogens with two attached hydrogens (primary N) is 2. The summed E-state index contributed by atoms with van der Waals surface area (Å²) in [4.78, 5) is 15.9. The Morgan fingerprint density at radius 1 is 1.00 bits per heavy atom. The van der Waals surface area contributed by atoms with Crippen LogP contribution in [0.2, 0.25) is 0 Å². The molecule has 0 spiro atoms. The zero-order valence-electron chi connectivity index (χ0n) is 19.5. The summed E-state index contributed by atoms with van der Waals surface area (Å²) in [6.45, 7) is 4.88. The number of nitrogens with zero attached hydrogens (tertiary/aromatic N) is 1. The van der Waals surface area contributed by atoms with E-state index in [1.165, 1.54) is 0 Å². The van der Waals surface area contributed by atoms with Crippen molar-refractivity contribution in [1.82, 2.24) is 4.98 Å². The number of benzene rings is 3. The van der Waals surface area contributed by atoms with Crippen LogP contribution in [0.3, 0.4) is 0 Å². The Hall–Kier alpha value is -4.98. The van der Waals surface area contributed by atoms with Gasteiger partial charge in [-0.05, 0) is 60.0 Å². The van der Waals surface area contributed by atoms with E-state index in [0.717, 1.165) is 22.4 Å². The lowest BCUT2D eigenvalue weighted by Crippen LogP contribution is -2.15. The number of hydrogen-bond acceptors (Lipinski definition) is 5. The first kappa shape index (κ1) is 24.2. The molecular weight excluding hydrogens is 457 g/mol. The van der Waals surface area contributed by atoms with Crippen molar-refractivity contribution < 1.29 is 13.9 Å². The molecule has 0 saturated carbocycles. The third-order valence-electron chi connectivity index (χ3n) is 5.44. The van der Waals surface area contributed by atoms with Crippen LogP contribution in [0.4, 0.5) is 15.8 Å². The second-order valence-electron chi connectivity index (χ2n) is 8.05. The summed E-state index contributed by atoms with van der Waals surface area (Å²) in [7, 11) is 0. The highest BCUT2D eigenvalue weighted by atomic mass is 19.1. The predicted octanol–water partition coefficient (Wildman–Crippen LogP) is 5.80. The van der Waals surface area contributed by atoms with Crippen LogP contribution in [0.5, 0.6) is 11.6 Å². The maximum atomic E-state index is 13.0. The Kier molecular flexibility index (Phi) is 6.78. The molecule has 0 radical (unpaired) electrons. The lowest BCUT2D eigenvalue weighted by Gasteiger charge is -2.18. The molecule has 1 heterocycles. The van der Waals surface area contributed by atoms with Crippen LogP contribution in [0.1, 0.15) is 11.3 Å². The van der Waals surface area contributed by atoms with E-state index in [-0.39, 0.29) is 5.84 Å². The fourth-order valence-corrected chi connectivity index (χ4v) is 3.77. The van der Waals surface area contributed by atoms with Crippen molar-refractivity contribution in [2.75, 3.05) is 11.1 Å². The first-order valence-corrected chi connectivity index (χ1v) is 11.0. The molecule has 0 aliphatic rings. The number of nitrogen functional groups attached to an aromatic ring is 2. The highest BCUT2D eigenvalue weighted by Crippen LogP contribution is 2.39. The number of aromatic nitrogens is 1. The Labute approximate surface area is 207 Å². The number of amidine groups is 1. The number of aryl methyl sites for hydroxylation is 1. The molecule has 3 aromatic carbocycles. The summed E-state index contributed by atoms with van der Waals surface area (Å²) in [6, 6.07) is 23.2. The van der Waals surface area contributed by atoms with Gasteiger partial charge in [0.05, 0.1) is 0 Å². The quantitative estimate of drug-likeness (QED) is 0.115. The average Bonchev–Trinajstić information content (AvgIpc) is 2.84. The maximum Gasteiger partial charge on any atom is 0.283 e. The molecule has 7 nitrogen and oxygen atoms in total. The zero-order chi connectivity index (χ0) is 25.8. The van der Waals surface area contributed by atoms with Gasteiger partial charge in [0.15, 0.2) is 5.83 Å². The number of pyridine rings is 1. The third-order valence-corrected chi connectivity index (χ3v) is 5.44. The van der Waals surface area contributed by atoms with Crippen LogP contribution in [-0.4, -0.2) is 16.7 Å². The number of hydrogen-bond donors (Lipinski definition) is 4. The van der Waals surface area contributed by atoms with E-state index in [0.29, 0.717) is 34.1 Å². The van der Waals surface area contributed by atoms with Crippen molar-refractivity contribution in [3.8, 4) is 33.9 Å². The van der Waals surface area contributed by atoms with Crippen molar-refractivity contribution in [1.29, 1.82) is 5.41 Å². The number of ether oxygens (including phenoxy) is 1. The van der Waals surface area contributed by atoms with Crippen LogP contribution in [0.25, 0.3) is 22.3 Å². The van der Waals surface area contributed by atoms with Crippen LogP contribution in [0, 0.1) is 12.3 Å². The van der Waals surface area contributed by atoms with E-state index in [1.807, 2.05) is 37.3 Å². The van der Waals surface area contributed by atoms with Crippen molar-refractivity contribution in [2.45, 2.75) is 6.92 Å². The minimum atomic E-state index is -1.07. The number of anilines is 2. The van der Waals surface area contributed by atoms with Gasteiger partial charge in [-0.15, -0.1) is 0 Å². The van der Waals surface area contributed by atoms with Gasteiger partial charge in [-0.3, -0.25) is 10.2 Å². The summed E-state index contributed by atoms with van der Waals surface area (Å²) in [5.41, 5.74) is 17.2. The van der Waals surface area contributed by atoms with Gasteiger partial charge < -0.3 is 21.5 Å². The van der Waals surface area contributed by atoms with Gasteiger partial charge in [0.1, 0.15) is 11.6 Å². The van der Waals surface area contributed by atoms with E-state index in [1.54, 1.807) is 48.5 Å². The van der Waals surface area contributed by atoms with Crippen molar-refractivity contribution in [3.63, 3.8) is 0 Å². The number of nitrogens with one attached hydrogen (secondary N) is 2. The van der Waals surface area contributed by atoms with E-state index in [2.05, 4.69) is 16.9 Å². The van der Waals surface area contributed by atoms with E-state index in [9.17, 15) is 9.18 Å². The molecule has 0 aliphatic carbocycles. The molecule has 0 aliphatic heterocycles. The molecule has 1 aromatic heterocycles. The number of rotatable bonds is 7. The molecule has 4 aromatic rings. The maximum absolute atomic E-state index is 13.0. The van der Waals surface area contributed by atoms with Crippen molar-refractivity contribution in [2.24, 2.45) is 5.73 Å². The minimum absolute atomic E-state index is 0.168. The normalized spacial score (nSPS) is 10.5. The van der Waals surface area contributed by atoms with Crippen LogP contribution < -0.4 is 21.5 Å². The molecule has 0 bridgehead atoms. The van der Waals surface area contributed by atoms with Gasteiger partial charge in [0, 0.05) is 34.3 Å². The van der Waals surface area contributed by atoms with Gasteiger partial charge in [-0.25, -0.2) is 9.37 Å². The molecule has 6 N–H and O–H groups in total. The first-order chi connectivity index (χ1) is 17.2. The van der Waals surface area contributed by atoms with Crippen LogP contribution >= 0.6 is 0 Å². The third kappa shape index (κ3) is 5.23. The summed E-state index contributed by atoms with van der Waals surface area (Å²) >= 11 is 0.